The van der Waals surface area contributed by atoms with Gasteiger partial charge in [0.2, 0.25) is 0 Å². The molecule has 6 nitrogen and oxygen atoms in total. The molecular formula is C15H11ClN4O2. The second-order valence-corrected chi connectivity index (χ2v) is 5.26. The Hall–Kier alpha value is -2.73. The van der Waals surface area contributed by atoms with E-state index >= 15 is 0 Å². The Kier molecular flexibility index (Phi) is 3.60. The number of halogens is 1. The first-order valence-electron chi connectivity index (χ1n) is 6.48. The molecule has 1 aliphatic heterocycles. The highest BCUT2D eigenvalue weighted by Gasteiger charge is 2.17. The molecular weight excluding hydrogens is 304 g/mol. The molecule has 0 spiro atoms. The zero-order chi connectivity index (χ0) is 15.7. The van der Waals surface area contributed by atoms with Crippen LogP contribution in [0.5, 0.6) is 0 Å². The molecule has 3 rings (SSSR count). The minimum Gasteiger partial charge on any atom is -0.385 e. The second kappa shape index (κ2) is 5.57. The van der Waals surface area contributed by atoms with E-state index in [1.807, 2.05) is 6.07 Å². The standard InChI is InChI=1S/C15H11ClN4O2/c16-11-4-1-10-7-14(17)18-19-15(13(10)8-11)9-2-5-12(6-3-9)20(21)22/h1-6,8H,7H2,(H2,17,18). The summed E-state index contributed by atoms with van der Waals surface area (Å²) in [5.41, 5.74) is 8.92. The fraction of sp³-hybridized carbons (Fsp3) is 0.0667. The van der Waals surface area contributed by atoms with Gasteiger partial charge in [0.1, 0.15) is 11.5 Å². The molecule has 0 saturated heterocycles. The first-order chi connectivity index (χ1) is 10.5. The molecule has 0 fully saturated rings. The predicted molar refractivity (Wildman–Crippen MR) is 85.5 cm³/mol. The molecule has 7 heteroatoms. The monoisotopic (exact) mass is 314 g/mol. The van der Waals surface area contributed by atoms with Gasteiger partial charge >= 0.3 is 0 Å². The topological polar surface area (TPSA) is 93.9 Å². The van der Waals surface area contributed by atoms with Crippen LogP contribution in [0.2, 0.25) is 5.02 Å². The molecule has 0 aliphatic carbocycles. The Morgan fingerprint density at radius 3 is 2.55 bits per heavy atom. The number of nitro groups is 1. The number of hydrogen-bond donors (Lipinski definition) is 1. The fourth-order valence-electron chi connectivity index (χ4n) is 2.28. The van der Waals surface area contributed by atoms with E-state index < -0.39 is 4.92 Å². The second-order valence-electron chi connectivity index (χ2n) is 4.82. The largest absolute Gasteiger partial charge is 0.385 e. The highest BCUT2D eigenvalue weighted by Crippen LogP contribution is 2.24. The van der Waals surface area contributed by atoms with E-state index in [0.717, 1.165) is 11.1 Å². The smallest absolute Gasteiger partial charge is 0.269 e. The first kappa shape index (κ1) is 14.2. The van der Waals surface area contributed by atoms with Crippen LogP contribution >= 0.6 is 11.6 Å². The molecule has 0 unspecified atom stereocenters. The van der Waals surface area contributed by atoms with Crippen LogP contribution in [0.15, 0.2) is 52.7 Å². The summed E-state index contributed by atoms with van der Waals surface area (Å²) in [6.07, 6.45) is 0.479. The van der Waals surface area contributed by atoms with Gasteiger partial charge in [-0.3, -0.25) is 10.1 Å². The van der Waals surface area contributed by atoms with Gasteiger partial charge in [-0.1, -0.05) is 17.7 Å². The van der Waals surface area contributed by atoms with Crippen molar-refractivity contribution < 1.29 is 4.92 Å². The van der Waals surface area contributed by atoms with Crippen molar-refractivity contribution in [3.63, 3.8) is 0 Å². The zero-order valence-corrected chi connectivity index (χ0v) is 12.1. The van der Waals surface area contributed by atoms with E-state index in [0.29, 0.717) is 28.6 Å². The lowest BCUT2D eigenvalue weighted by molar-refractivity contribution is -0.384. The molecule has 22 heavy (non-hydrogen) atoms. The van der Waals surface area contributed by atoms with E-state index in [1.54, 1.807) is 24.3 Å². The van der Waals surface area contributed by atoms with Crippen LogP contribution < -0.4 is 5.73 Å². The quantitative estimate of drug-likeness (QED) is 0.682. The third kappa shape index (κ3) is 2.68. The van der Waals surface area contributed by atoms with Crippen molar-refractivity contribution in [2.75, 3.05) is 0 Å². The van der Waals surface area contributed by atoms with Crippen LogP contribution in [-0.2, 0) is 6.42 Å². The van der Waals surface area contributed by atoms with Gasteiger partial charge in [-0.2, -0.15) is 0 Å². The van der Waals surface area contributed by atoms with Crippen molar-refractivity contribution in [3.8, 4) is 0 Å². The van der Waals surface area contributed by atoms with Gasteiger partial charge in [-0.15, -0.1) is 10.2 Å². The average Bonchev–Trinajstić information content (AvgIpc) is 2.66. The molecule has 110 valence electrons. The van der Waals surface area contributed by atoms with E-state index in [-0.39, 0.29) is 5.69 Å². The molecule has 0 amide bonds. The maximum atomic E-state index is 10.7. The van der Waals surface area contributed by atoms with Crippen molar-refractivity contribution in [1.82, 2.24) is 0 Å². The lowest BCUT2D eigenvalue weighted by Crippen LogP contribution is -2.14. The average molecular weight is 315 g/mol. The number of hydrogen-bond acceptors (Lipinski definition) is 5. The van der Waals surface area contributed by atoms with Gasteiger partial charge in [0, 0.05) is 34.7 Å². The van der Waals surface area contributed by atoms with Crippen molar-refractivity contribution in [1.29, 1.82) is 0 Å². The molecule has 1 aliphatic rings. The Labute approximate surface area is 131 Å². The summed E-state index contributed by atoms with van der Waals surface area (Å²) < 4.78 is 0. The molecule has 0 radical (unpaired) electrons. The third-order valence-electron chi connectivity index (χ3n) is 3.33. The summed E-state index contributed by atoms with van der Waals surface area (Å²) in [7, 11) is 0. The predicted octanol–water partition coefficient (Wildman–Crippen LogP) is 2.91. The number of benzene rings is 2. The zero-order valence-electron chi connectivity index (χ0n) is 11.4. The normalized spacial score (nSPS) is 13.7. The number of nitrogens with zero attached hydrogens (tertiary/aromatic N) is 3. The number of rotatable bonds is 2. The van der Waals surface area contributed by atoms with Crippen LogP contribution in [-0.4, -0.2) is 16.5 Å². The molecule has 2 aromatic carbocycles. The summed E-state index contributed by atoms with van der Waals surface area (Å²) in [6, 6.07) is 11.6. The highest BCUT2D eigenvalue weighted by molar-refractivity contribution is 6.31. The SMILES string of the molecule is NC1=NN=C(c2ccc([N+](=O)[O-])cc2)c2cc(Cl)ccc2C1. The molecule has 2 aromatic rings. The lowest BCUT2D eigenvalue weighted by Gasteiger charge is -2.09. The number of non-ortho nitro benzene ring substituents is 1. The maximum Gasteiger partial charge on any atom is 0.269 e. The van der Waals surface area contributed by atoms with Gasteiger partial charge < -0.3 is 5.73 Å². The van der Waals surface area contributed by atoms with E-state index in [9.17, 15) is 10.1 Å². The van der Waals surface area contributed by atoms with Crippen LogP contribution in [0.4, 0.5) is 5.69 Å². The molecule has 1 heterocycles. The van der Waals surface area contributed by atoms with Crippen LogP contribution in [0, 0.1) is 10.1 Å². The summed E-state index contributed by atoms with van der Waals surface area (Å²) in [4.78, 5) is 10.3. The van der Waals surface area contributed by atoms with E-state index in [2.05, 4.69) is 10.2 Å². The van der Waals surface area contributed by atoms with Crippen LogP contribution in [0.3, 0.4) is 0 Å². The maximum absolute atomic E-state index is 10.7. The number of fused-ring (bicyclic) bond motifs is 1. The molecule has 0 aromatic heterocycles. The minimum atomic E-state index is -0.445. The van der Waals surface area contributed by atoms with Gasteiger partial charge in [0.05, 0.1) is 4.92 Å². The van der Waals surface area contributed by atoms with Crippen LogP contribution in [0.25, 0.3) is 0 Å². The van der Waals surface area contributed by atoms with Gasteiger partial charge in [0.15, 0.2) is 0 Å². The summed E-state index contributed by atoms with van der Waals surface area (Å²) >= 11 is 6.07. The van der Waals surface area contributed by atoms with E-state index in [4.69, 9.17) is 17.3 Å². The van der Waals surface area contributed by atoms with Crippen molar-refractivity contribution in [3.05, 3.63) is 74.3 Å². The molecule has 0 bridgehead atoms. The van der Waals surface area contributed by atoms with Crippen molar-refractivity contribution in [2.45, 2.75) is 6.42 Å². The van der Waals surface area contributed by atoms with Crippen LogP contribution in [0.1, 0.15) is 16.7 Å². The Morgan fingerprint density at radius 1 is 1.14 bits per heavy atom. The number of amidine groups is 1. The minimum absolute atomic E-state index is 0.0207. The Balaban J connectivity index is 2.13. The highest BCUT2D eigenvalue weighted by atomic mass is 35.5. The Bertz CT molecular complexity index is 813. The number of nitrogens with two attached hydrogens (primary N) is 1. The lowest BCUT2D eigenvalue weighted by atomic mass is 9.96. The molecule has 2 N–H and O–H groups in total. The fourth-order valence-corrected chi connectivity index (χ4v) is 2.45. The number of nitro benzene ring substituents is 1. The Morgan fingerprint density at radius 2 is 1.86 bits per heavy atom. The summed E-state index contributed by atoms with van der Waals surface area (Å²) in [6.45, 7) is 0. The van der Waals surface area contributed by atoms with E-state index in [1.165, 1.54) is 12.1 Å². The summed E-state index contributed by atoms with van der Waals surface area (Å²) in [5.74, 6) is 0.403. The third-order valence-corrected chi connectivity index (χ3v) is 3.56. The van der Waals surface area contributed by atoms with Gasteiger partial charge in [0.25, 0.3) is 5.69 Å². The summed E-state index contributed by atoms with van der Waals surface area (Å²) in [5, 5.41) is 19.5. The first-order valence-corrected chi connectivity index (χ1v) is 6.86. The molecule has 0 atom stereocenters. The van der Waals surface area contributed by atoms with Crippen molar-refractivity contribution >= 4 is 28.8 Å². The van der Waals surface area contributed by atoms with Gasteiger partial charge in [-0.25, -0.2) is 0 Å². The molecule has 0 saturated carbocycles. The van der Waals surface area contributed by atoms with Gasteiger partial charge in [-0.05, 0) is 29.8 Å². The van der Waals surface area contributed by atoms with Crippen molar-refractivity contribution in [2.24, 2.45) is 15.9 Å².